The summed E-state index contributed by atoms with van der Waals surface area (Å²) < 4.78 is 0.901. The van der Waals surface area contributed by atoms with E-state index in [2.05, 4.69) is 15.9 Å². The van der Waals surface area contributed by atoms with Gasteiger partial charge in [0.15, 0.2) is 0 Å². The molecule has 1 rings (SSSR count). The maximum absolute atomic E-state index is 10.1. The molecule has 14 heavy (non-hydrogen) atoms. The van der Waals surface area contributed by atoms with Crippen LogP contribution in [0.2, 0.25) is 0 Å². The van der Waals surface area contributed by atoms with Crippen LogP contribution in [0.25, 0.3) is 6.08 Å². The number of halogens is 1. The van der Waals surface area contributed by atoms with Crippen molar-refractivity contribution in [2.45, 2.75) is 13.3 Å². The molecule has 1 aromatic carbocycles. The summed E-state index contributed by atoms with van der Waals surface area (Å²) >= 11 is 3.35. The van der Waals surface area contributed by atoms with Crippen LogP contribution in [0.15, 0.2) is 22.7 Å². The predicted molar refractivity (Wildman–Crippen MR) is 60.3 cm³/mol. The second-order valence-electron chi connectivity index (χ2n) is 2.85. The van der Waals surface area contributed by atoms with E-state index in [1.165, 1.54) is 6.08 Å². The molecule has 0 bridgehead atoms. The van der Waals surface area contributed by atoms with Crippen LogP contribution in [0.4, 0.5) is 0 Å². The Morgan fingerprint density at radius 2 is 2.21 bits per heavy atom. The highest BCUT2D eigenvalue weighted by molar-refractivity contribution is 9.10. The normalized spacial score (nSPS) is 10.7. The van der Waals surface area contributed by atoms with Crippen LogP contribution >= 0.6 is 15.9 Å². The molecule has 0 saturated carbocycles. The van der Waals surface area contributed by atoms with Gasteiger partial charge in [-0.1, -0.05) is 22.9 Å². The van der Waals surface area contributed by atoms with Crippen molar-refractivity contribution in [2.75, 3.05) is 0 Å². The molecule has 1 N–H and O–H groups in total. The SMILES string of the molecule is CCc1cc(Br)cc(/C=C/C=O)c1O. The number of hydrogen-bond donors (Lipinski definition) is 1. The minimum Gasteiger partial charge on any atom is -0.507 e. The van der Waals surface area contributed by atoms with E-state index in [4.69, 9.17) is 0 Å². The molecule has 0 aliphatic heterocycles. The summed E-state index contributed by atoms with van der Waals surface area (Å²) in [6, 6.07) is 3.64. The molecule has 0 fully saturated rings. The Morgan fingerprint density at radius 3 is 2.79 bits per heavy atom. The smallest absolute Gasteiger partial charge is 0.142 e. The van der Waals surface area contributed by atoms with Crippen LogP contribution in [-0.2, 0) is 11.2 Å². The fourth-order valence-electron chi connectivity index (χ4n) is 1.22. The quantitative estimate of drug-likeness (QED) is 0.666. The Kier molecular flexibility index (Phi) is 3.89. The van der Waals surface area contributed by atoms with Gasteiger partial charge in [0.1, 0.15) is 12.0 Å². The number of aldehydes is 1. The van der Waals surface area contributed by atoms with Gasteiger partial charge in [0, 0.05) is 10.0 Å². The number of carbonyl (C=O) groups is 1. The number of rotatable bonds is 3. The van der Waals surface area contributed by atoms with E-state index < -0.39 is 0 Å². The topological polar surface area (TPSA) is 37.3 Å². The van der Waals surface area contributed by atoms with E-state index in [-0.39, 0.29) is 5.75 Å². The van der Waals surface area contributed by atoms with E-state index in [0.717, 1.165) is 16.5 Å². The average Bonchev–Trinajstić information content (AvgIpc) is 2.18. The lowest BCUT2D eigenvalue weighted by atomic mass is 10.1. The lowest BCUT2D eigenvalue weighted by Crippen LogP contribution is -1.85. The second-order valence-corrected chi connectivity index (χ2v) is 3.77. The Bertz CT molecular complexity index is 370. The molecular formula is C11H11BrO2. The zero-order chi connectivity index (χ0) is 10.6. The molecule has 0 aliphatic carbocycles. The first-order valence-electron chi connectivity index (χ1n) is 4.32. The van der Waals surface area contributed by atoms with Crippen molar-refractivity contribution in [2.24, 2.45) is 0 Å². The lowest BCUT2D eigenvalue weighted by molar-refractivity contribution is -0.104. The Morgan fingerprint density at radius 1 is 1.50 bits per heavy atom. The number of benzene rings is 1. The average molecular weight is 255 g/mol. The van der Waals surface area contributed by atoms with E-state index in [9.17, 15) is 9.90 Å². The van der Waals surface area contributed by atoms with Crippen LogP contribution in [0, 0.1) is 0 Å². The molecule has 0 spiro atoms. The number of hydrogen-bond acceptors (Lipinski definition) is 2. The summed E-state index contributed by atoms with van der Waals surface area (Å²) in [5.41, 5.74) is 1.52. The van der Waals surface area contributed by atoms with Crippen molar-refractivity contribution in [3.8, 4) is 5.75 Å². The largest absolute Gasteiger partial charge is 0.507 e. The fourth-order valence-corrected chi connectivity index (χ4v) is 1.74. The summed E-state index contributed by atoms with van der Waals surface area (Å²) in [7, 11) is 0. The summed E-state index contributed by atoms with van der Waals surface area (Å²) in [5.74, 6) is 0.244. The van der Waals surface area contributed by atoms with Crippen molar-refractivity contribution in [1.82, 2.24) is 0 Å². The fraction of sp³-hybridized carbons (Fsp3) is 0.182. The van der Waals surface area contributed by atoms with E-state index in [1.807, 2.05) is 13.0 Å². The number of carbonyl (C=O) groups excluding carboxylic acids is 1. The summed E-state index contributed by atoms with van der Waals surface area (Å²) in [6.45, 7) is 1.97. The molecule has 0 radical (unpaired) electrons. The highest BCUT2D eigenvalue weighted by atomic mass is 79.9. The van der Waals surface area contributed by atoms with Gasteiger partial charge < -0.3 is 5.11 Å². The van der Waals surface area contributed by atoms with Crippen LogP contribution < -0.4 is 0 Å². The molecule has 3 heteroatoms. The lowest BCUT2D eigenvalue weighted by Gasteiger charge is -2.06. The molecule has 0 unspecified atom stereocenters. The van der Waals surface area contributed by atoms with Gasteiger partial charge in [0.2, 0.25) is 0 Å². The van der Waals surface area contributed by atoms with Gasteiger partial charge >= 0.3 is 0 Å². The first-order chi connectivity index (χ1) is 6.69. The van der Waals surface area contributed by atoms with E-state index in [0.29, 0.717) is 11.8 Å². The zero-order valence-electron chi connectivity index (χ0n) is 7.83. The maximum Gasteiger partial charge on any atom is 0.142 e. The van der Waals surface area contributed by atoms with Gasteiger partial charge in [0.05, 0.1) is 0 Å². The minimum atomic E-state index is 0.244. The highest BCUT2D eigenvalue weighted by Gasteiger charge is 2.04. The van der Waals surface area contributed by atoms with Crippen LogP contribution in [0.1, 0.15) is 18.1 Å². The van der Waals surface area contributed by atoms with Crippen molar-refractivity contribution in [1.29, 1.82) is 0 Å². The monoisotopic (exact) mass is 254 g/mol. The molecule has 1 aromatic rings. The molecule has 0 amide bonds. The molecular weight excluding hydrogens is 244 g/mol. The molecule has 0 saturated heterocycles. The maximum atomic E-state index is 10.1. The third-order valence-corrected chi connectivity index (χ3v) is 2.38. The van der Waals surface area contributed by atoms with Crippen LogP contribution in [-0.4, -0.2) is 11.4 Å². The standard InChI is InChI=1S/C11H11BrO2/c1-2-8-6-10(12)7-9(11(8)14)4-3-5-13/h3-7,14H,2H2,1H3/b4-3+. The number of phenols is 1. The van der Waals surface area contributed by atoms with Crippen molar-refractivity contribution in [3.63, 3.8) is 0 Å². The molecule has 0 aromatic heterocycles. The van der Waals surface area contributed by atoms with Crippen LogP contribution in [0.5, 0.6) is 5.75 Å². The first-order valence-corrected chi connectivity index (χ1v) is 5.11. The predicted octanol–water partition coefficient (Wildman–Crippen LogP) is 2.93. The minimum absolute atomic E-state index is 0.244. The Balaban J connectivity index is 3.21. The number of aromatic hydroxyl groups is 1. The third kappa shape index (κ3) is 2.45. The van der Waals surface area contributed by atoms with Gasteiger partial charge in [-0.05, 0) is 36.3 Å². The molecule has 0 heterocycles. The molecule has 0 atom stereocenters. The van der Waals surface area contributed by atoms with Crippen molar-refractivity contribution >= 4 is 28.3 Å². The van der Waals surface area contributed by atoms with Gasteiger partial charge in [-0.2, -0.15) is 0 Å². The van der Waals surface area contributed by atoms with Crippen molar-refractivity contribution in [3.05, 3.63) is 33.8 Å². The summed E-state index contributed by atoms with van der Waals surface area (Å²) in [4.78, 5) is 10.1. The highest BCUT2D eigenvalue weighted by Crippen LogP contribution is 2.28. The Hall–Kier alpha value is -1.09. The van der Waals surface area contributed by atoms with Gasteiger partial charge in [-0.25, -0.2) is 0 Å². The summed E-state index contributed by atoms with van der Waals surface area (Å²) in [5, 5.41) is 9.75. The van der Waals surface area contributed by atoms with Gasteiger partial charge in [-0.15, -0.1) is 0 Å². The number of allylic oxidation sites excluding steroid dienone is 1. The molecule has 0 aliphatic rings. The molecule has 74 valence electrons. The molecule has 2 nitrogen and oxygen atoms in total. The third-order valence-electron chi connectivity index (χ3n) is 1.92. The van der Waals surface area contributed by atoms with Crippen molar-refractivity contribution < 1.29 is 9.90 Å². The van der Waals surface area contributed by atoms with Gasteiger partial charge in [-0.3, -0.25) is 4.79 Å². The van der Waals surface area contributed by atoms with Gasteiger partial charge in [0.25, 0.3) is 0 Å². The van der Waals surface area contributed by atoms with Crippen LogP contribution in [0.3, 0.4) is 0 Å². The van der Waals surface area contributed by atoms with E-state index >= 15 is 0 Å². The first kappa shape index (κ1) is 11.0. The number of aryl methyl sites for hydroxylation is 1. The summed E-state index contributed by atoms with van der Waals surface area (Å²) in [6.07, 6.45) is 4.40. The zero-order valence-corrected chi connectivity index (χ0v) is 9.41. The second kappa shape index (κ2) is 4.96. The Labute approximate surface area is 91.4 Å². The van der Waals surface area contributed by atoms with E-state index in [1.54, 1.807) is 12.1 Å². The number of phenolic OH excluding ortho intramolecular Hbond substituents is 1.